The van der Waals surface area contributed by atoms with Crippen LogP contribution in [0, 0.1) is 13.8 Å². The third kappa shape index (κ3) is 2.46. The van der Waals surface area contributed by atoms with Crippen LogP contribution in [0.3, 0.4) is 0 Å². The third-order valence-corrected chi connectivity index (χ3v) is 4.68. The van der Waals surface area contributed by atoms with E-state index in [-0.39, 0.29) is 4.90 Å². The molecule has 0 aliphatic heterocycles. The quantitative estimate of drug-likeness (QED) is 0.672. The van der Waals surface area contributed by atoms with E-state index in [4.69, 9.17) is 11.6 Å². The summed E-state index contributed by atoms with van der Waals surface area (Å²) in [6.45, 7) is 3.58. The zero-order valence-corrected chi connectivity index (χ0v) is 13.8. The highest BCUT2D eigenvalue weighted by Gasteiger charge is 2.16. The summed E-state index contributed by atoms with van der Waals surface area (Å²) in [5, 5.41) is 5.49. The second-order valence-corrected chi connectivity index (χ2v) is 7.40. The number of rotatable bonds is 2. The smallest absolute Gasteiger partial charge is 0.175 e. The maximum Gasteiger partial charge on any atom is 0.175 e. The summed E-state index contributed by atoms with van der Waals surface area (Å²) >= 11 is 6.17. The summed E-state index contributed by atoms with van der Waals surface area (Å²) in [5.74, 6) is 0.548. The van der Waals surface area contributed by atoms with Crippen molar-refractivity contribution in [2.75, 3.05) is 6.26 Å². The Morgan fingerprint density at radius 1 is 1.09 bits per heavy atom. The molecule has 0 N–H and O–H groups in total. The van der Waals surface area contributed by atoms with Gasteiger partial charge in [0.2, 0.25) is 0 Å². The minimum Gasteiger partial charge on any atom is -0.224 e. The highest BCUT2D eigenvalue weighted by atomic mass is 35.5. The van der Waals surface area contributed by atoms with Gasteiger partial charge in [-0.2, -0.15) is 5.10 Å². The van der Waals surface area contributed by atoms with Crippen molar-refractivity contribution in [2.45, 2.75) is 18.7 Å². The standard InChI is InChI=1S/C14H13ClN4O2S/c1-8-12-13(15)16-9(2)17-14(12)19(18-8)10-4-6-11(7-5-10)22(3,20)21/h4-7H,1-3H3. The average Bonchev–Trinajstić information content (AvgIpc) is 2.75. The first-order chi connectivity index (χ1) is 10.3. The molecule has 8 heteroatoms. The number of nitrogens with zero attached hydrogens (tertiary/aromatic N) is 4. The zero-order valence-electron chi connectivity index (χ0n) is 12.2. The summed E-state index contributed by atoms with van der Waals surface area (Å²) in [5.41, 5.74) is 2.02. The molecule has 0 bridgehead atoms. The Bertz CT molecular complexity index is 978. The molecule has 22 heavy (non-hydrogen) atoms. The van der Waals surface area contributed by atoms with E-state index in [2.05, 4.69) is 15.1 Å². The van der Waals surface area contributed by atoms with Crippen molar-refractivity contribution in [1.29, 1.82) is 0 Å². The number of fused-ring (bicyclic) bond motifs is 1. The molecule has 0 saturated heterocycles. The molecule has 0 atom stereocenters. The van der Waals surface area contributed by atoms with Crippen LogP contribution in [-0.2, 0) is 9.84 Å². The molecule has 6 nitrogen and oxygen atoms in total. The number of hydrogen-bond donors (Lipinski definition) is 0. The van der Waals surface area contributed by atoms with Crippen LogP contribution in [0.15, 0.2) is 29.2 Å². The minimum absolute atomic E-state index is 0.258. The predicted octanol–water partition coefficient (Wildman–Crippen LogP) is 2.49. The van der Waals surface area contributed by atoms with E-state index < -0.39 is 9.84 Å². The maximum atomic E-state index is 11.5. The van der Waals surface area contributed by atoms with Gasteiger partial charge < -0.3 is 0 Å². The van der Waals surface area contributed by atoms with Crippen molar-refractivity contribution in [3.05, 3.63) is 40.9 Å². The lowest BCUT2D eigenvalue weighted by Gasteiger charge is -2.05. The van der Waals surface area contributed by atoms with Crippen molar-refractivity contribution in [3.8, 4) is 5.69 Å². The molecular formula is C14H13ClN4O2S. The lowest BCUT2D eigenvalue weighted by molar-refractivity contribution is 0.602. The van der Waals surface area contributed by atoms with Crippen LogP contribution in [0.25, 0.3) is 16.7 Å². The lowest BCUT2D eigenvalue weighted by atomic mass is 10.3. The second-order valence-electron chi connectivity index (χ2n) is 5.02. The van der Waals surface area contributed by atoms with Crippen LogP contribution in [0.4, 0.5) is 0 Å². The van der Waals surface area contributed by atoms with Gasteiger partial charge in [-0.25, -0.2) is 23.1 Å². The molecule has 114 valence electrons. The van der Waals surface area contributed by atoms with Crippen molar-refractivity contribution in [3.63, 3.8) is 0 Å². The van der Waals surface area contributed by atoms with E-state index in [9.17, 15) is 8.42 Å². The Morgan fingerprint density at radius 2 is 1.73 bits per heavy atom. The summed E-state index contributed by atoms with van der Waals surface area (Å²) in [6.07, 6.45) is 1.17. The molecule has 0 aliphatic rings. The van der Waals surface area contributed by atoms with Gasteiger partial charge in [0.1, 0.15) is 11.0 Å². The van der Waals surface area contributed by atoms with Gasteiger partial charge in [-0.1, -0.05) is 11.6 Å². The van der Waals surface area contributed by atoms with Crippen LogP contribution < -0.4 is 0 Å². The molecule has 3 rings (SSSR count). The molecule has 0 unspecified atom stereocenters. The summed E-state index contributed by atoms with van der Waals surface area (Å²) in [4.78, 5) is 8.79. The molecular weight excluding hydrogens is 324 g/mol. The minimum atomic E-state index is -3.23. The Labute approximate surface area is 132 Å². The molecule has 1 aromatic carbocycles. The maximum absolute atomic E-state index is 11.5. The largest absolute Gasteiger partial charge is 0.224 e. The normalized spacial score (nSPS) is 12.0. The van der Waals surface area contributed by atoms with E-state index in [0.717, 1.165) is 0 Å². The summed E-state index contributed by atoms with van der Waals surface area (Å²) in [7, 11) is -3.23. The van der Waals surface area contributed by atoms with Crippen molar-refractivity contribution >= 4 is 32.5 Å². The van der Waals surface area contributed by atoms with Crippen molar-refractivity contribution in [1.82, 2.24) is 19.7 Å². The van der Waals surface area contributed by atoms with Gasteiger partial charge in [0, 0.05) is 6.26 Å². The van der Waals surface area contributed by atoms with Gasteiger partial charge in [0.15, 0.2) is 15.5 Å². The van der Waals surface area contributed by atoms with Crippen LogP contribution in [-0.4, -0.2) is 34.4 Å². The first-order valence-electron chi connectivity index (χ1n) is 6.47. The molecule has 0 saturated carbocycles. The molecule has 0 amide bonds. The molecule has 0 fully saturated rings. The Kier molecular flexibility index (Phi) is 3.41. The lowest BCUT2D eigenvalue weighted by Crippen LogP contribution is -2.01. The fraction of sp³-hybridized carbons (Fsp3) is 0.214. The average molecular weight is 337 g/mol. The first-order valence-corrected chi connectivity index (χ1v) is 8.74. The van der Waals surface area contributed by atoms with Gasteiger partial charge in [0.25, 0.3) is 0 Å². The second kappa shape index (κ2) is 5.03. The zero-order chi connectivity index (χ0) is 16.1. The van der Waals surface area contributed by atoms with E-state index >= 15 is 0 Å². The molecule has 0 radical (unpaired) electrons. The van der Waals surface area contributed by atoms with E-state index in [0.29, 0.717) is 33.4 Å². The van der Waals surface area contributed by atoms with Crippen molar-refractivity contribution < 1.29 is 8.42 Å². The number of aryl methyl sites for hydroxylation is 2. The van der Waals surface area contributed by atoms with Gasteiger partial charge >= 0.3 is 0 Å². The van der Waals surface area contributed by atoms with E-state index in [1.807, 2.05) is 6.92 Å². The van der Waals surface area contributed by atoms with E-state index in [1.165, 1.54) is 6.26 Å². The fourth-order valence-corrected chi connectivity index (χ4v) is 3.22. The van der Waals surface area contributed by atoms with Gasteiger partial charge in [-0.15, -0.1) is 0 Å². The SMILES string of the molecule is Cc1nc(Cl)c2c(C)nn(-c3ccc(S(C)(=O)=O)cc3)c2n1. The van der Waals surface area contributed by atoms with Crippen LogP contribution >= 0.6 is 11.6 Å². The highest BCUT2D eigenvalue weighted by molar-refractivity contribution is 7.90. The molecule has 0 spiro atoms. The van der Waals surface area contributed by atoms with Gasteiger partial charge in [-0.05, 0) is 38.1 Å². The van der Waals surface area contributed by atoms with Crippen LogP contribution in [0.5, 0.6) is 0 Å². The first kappa shape index (κ1) is 14.9. The van der Waals surface area contributed by atoms with Gasteiger partial charge in [-0.3, -0.25) is 0 Å². The Morgan fingerprint density at radius 3 is 2.32 bits per heavy atom. The van der Waals surface area contributed by atoms with Crippen LogP contribution in [0.1, 0.15) is 11.5 Å². The molecule has 0 aliphatic carbocycles. The van der Waals surface area contributed by atoms with Gasteiger partial charge in [0.05, 0.1) is 21.7 Å². The number of aromatic nitrogens is 4. The molecule has 2 heterocycles. The Balaban J connectivity index is 2.23. The highest BCUT2D eigenvalue weighted by Crippen LogP contribution is 2.26. The molecule has 2 aromatic heterocycles. The predicted molar refractivity (Wildman–Crippen MR) is 84.3 cm³/mol. The topological polar surface area (TPSA) is 77.7 Å². The number of sulfone groups is 1. The summed E-state index contributed by atoms with van der Waals surface area (Å²) in [6, 6.07) is 6.47. The third-order valence-electron chi connectivity index (χ3n) is 3.28. The Hall–Kier alpha value is -1.99. The number of halogens is 1. The summed E-state index contributed by atoms with van der Waals surface area (Å²) < 4.78 is 24.7. The van der Waals surface area contributed by atoms with E-state index in [1.54, 1.807) is 35.9 Å². The van der Waals surface area contributed by atoms with Crippen molar-refractivity contribution in [2.24, 2.45) is 0 Å². The number of hydrogen-bond acceptors (Lipinski definition) is 5. The van der Waals surface area contributed by atoms with Crippen LogP contribution in [0.2, 0.25) is 5.15 Å². The number of benzene rings is 1. The fourth-order valence-electron chi connectivity index (χ4n) is 2.25. The molecule has 3 aromatic rings. The monoisotopic (exact) mass is 336 g/mol.